The van der Waals surface area contributed by atoms with Crippen LogP contribution in [0.25, 0.3) is 0 Å². The summed E-state index contributed by atoms with van der Waals surface area (Å²) in [6.07, 6.45) is 0.910. The van der Waals surface area contributed by atoms with E-state index in [0.717, 1.165) is 6.42 Å². The fourth-order valence-electron chi connectivity index (χ4n) is 1.63. The molecule has 0 saturated carbocycles. The molecule has 74 valence electrons. The fourth-order valence-corrected chi connectivity index (χ4v) is 1.63. The maximum Gasteiger partial charge on any atom is 0.282 e. The van der Waals surface area contributed by atoms with Gasteiger partial charge in [0.2, 0.25) is 0 Å². The zero-order valence-corrected chi connectivity index (χ0v) is 8.23. The minimum Gasteiger partial charge on any atom is -0.463 e. The van der Waals surface area contributed by atoms with Gasteiger partial charge in [0.1, 0.15) is 6.61 Å². The zero-order valence-electron chi connectivity index (χ0n) is 8.23. The lowest BCUT2D eigenvalue weighted by Crippen LogP contribution is -2.11. The Kier molecular flexibility index (Phi) is 2.39. The van der Waals surface area contributed by atoms with Crippen molar-refractivity contribution in [3.05, 3.63) is 35.4 Å². The van der Waals surface area contributed by atoms with E-state index in [0.29, 0.717) is 12.6 Å². The number of aliphatic imine (C=N–C) groups is 1. The summed E-state index contributed by atoms with van der Waals surface area (Å²) in [6, 6.07) is 8.84. The molecule has 1 heterocycles. The van der Waals surface area contributed by atoms with Gasteiger partial charge in [0.05, 0.1) is 6.04 Å². The number of hydrogen-bond donors (Lipinski definition) is 1. The summed E-state index contributed by atoms with van der Waals surface area (Å²) in [6.45, 7) is 2.72. The summed E-state index contributed by atoms with van der Waals surface area (Å²) in [5.74, 6) is 0. The molecule has 0 radical (unpaired) electrons. The fraction of sp³-hybridized carbons (Fsp3) is 0.364. The Morgan fingerprint density at radius 2 is 2.29 bits per heavy atom. The van der Waals surface area contributed by atoms with Gasteiger partial charge in [-0.2, -0.15) is 0 Å². The normalized spacial score (nSPS) is 20.4. The van der Waals surface area contributed by atoms with E-state index in [9.17, 15) is 0 Å². The lowest BCUT2D eigenvalue weighted by Gasteiger charge is -2.07. The molecule has 0 amide bonds. The first-order valence-electron chi connectivity index (χ1n) is 4.76. The van der Waals surface area contributed by atoms with Crippen molar-refractivity contribution < 1.29 is 4.74 Å². The van der Waals surface area contributed by atoms with Crippen LogP contribution in [0.5, 0.6) is 0 Å². The number of ether oxygens (including phenoxy) is 1. The Balaban J connectivity index is 2.08. The minimum atomic E-state index is 0.191. The molecule has 0 bridgehead atoms. The van der Waals surface area contributed by atoms with Gasteiger partial charge in [-0.25, -0.2) is 4.99 Å². The maximum atomic E-state index is 5.44. The number of nitrogens with two attached hydrogens (primary N) is 1. The van der Waals surface area contributed by atoms with Crippen LogP contribution in [0.4, 0.5) is 0 Å². The monoisotopic (exact) mass is 190 g/mol. The molecule has 1 aromatic carbocycles. The molecule has 1 aromatic rings. The molecule has 1 aliphatic heterocycles. The van der Waals surface area contributed by atoms with Crippen LogP contribution in [0.2, 0.25) is 0 Å². The third-order valence-corrected chi connectivity index (χ3v) is 2.45. The van der Waals surface area contributed by atoms with Crippen molar-refractivity contribution in [1.82, 2.24) is 0 Å². The number of rotatable bonds is 2. The molecule has 0 fully saturated rings. The van der Waals surface area contributed by atoms with E-state index >= 15 is 0 Å². The minimum absolute atomic E-state index is 0.191. The Hall–Kier alpha value is -1.51. The van der Waals surface area contributed by atoms with E-state index in [1.807, 2.05) is 12.1 Å². The van der Waals surface area contributed by atoms with Crippen molar-refractivity contribution in [2.75, 3.05) is 6.61 Å². The van der Waals surface area contributed by atoms with Crippen molar-refractivity contribution >= 4 is 6.02 Å². The number of hydrogen-bond acceptors (Lipinski definition) is 3. The van der Waals surface area contributed by atoms with Crippen molar-refractivity contribution in [1.29, 1.82) is 0 Å². The highest BCUT2D eigenvalue weighted by Crippen LogP contribution is 2.13. The Morgan fingerprint density at radius 1 is 1.50 bits per heavy atom. The molecular formula is C11H14N2O. The second-order valence-electron chi connectivity index (χ2n) is 3.56. The van der Waals surface area contributed by atoms with Gasteiger partial charge < -0.3 is 10.5 Å². The summed E-state index contributed by atoms with van der Waals surface area (Å²) in [4.78, 5) is 4.20. The Labute approximate surface area is 83.6 Å². The largest absolute Gasteiger partial charge is 0.463 e. The van der Waals surface area contributed by atoms with E-state index in [4.69, 9.17) is 10.5 Å². The van der Waals surface area contributed by atoms with Crippen molar-refractivity contribution in [2.24, 2.45) is 10.7 Å². The van der Waals surface area contributed by atoms with Gasteiger partial charge in [-0.1, -0.05) is 24.3 Å². The first-order valence-corrected chi connectivity index (χ1v) is 4.76. The molecule has 0 aliphatic carbocycles. The third-order valence-electron chi connectivity index (χ3n) is 2.45. The Bertz CT molecular complexity index is 360. The van der Waals surface area contributed by atoms with E-state index in [-0.39, 0.29) is 6.04 Å². The second-order valence-corrected chi connectivity index (χ2v) is 3.56. The third kappa shape index (κ3) is 1.87. The summed E-state index contributed by atoms with van der Waals surface area (Å²) in [5.41, 5.74) is 8.06. The van der Waals surface area contributed by atoms with Crippen molar-refractivity contribution in [2.45, 2.75) is 19.4 Å². The summed E-state index contributed by atoms with van der Waals surface area (Å²) in [7, 11) is 0. The molecule has 0 unspecified atom stereocenters. The highest BCUT2D eigenvalue weighted by atomic mass is 16.5. The van der Waals surface area contributed by atoms with Crippen LogP contribution in [0.15, 0.2) is 29.3 Å². The van der Waals surface area contributed by atoms with Crippen molar-refractivity contribution in [3.8, 4) is 0 Å². The highest BCUT2D eigenvalue weighted by Gasteiger charge is 2.17. The SMILES string of the molecule is Cc1ccccc1C[C@H]1COC(N)=N1. The maximum absolute atomic E-state index is 5.44. The number of nitrogens with zero attached hydrogens (tertiary/aromatic N) is 1. The highest BCUT2D eigenvalue weighted by molar-refractivity contribution is 5.73. The molecule has 2 rings (SSSR count). The van der Waals surface area contributed by atoms with Crippen LogP contribution in [0.1, 0.15) is 11.1 Å². The molecule has 1 aliphatic rings. The topological polar surface area (TPSA) is 47.6 Å². The number of aryl methyl sites for hydroxylation is 1. The first kappa shape index (κ1) is 9.06. The van der Waals surface area contributed by atoms with Gasteiger partial charge in [0.15, 0.2) is 0 Å². The lowest BCUT2D eigenvalue weighted by atomic mass is 10.0. The lowest BCUT2D eigenvalue weighted by molar-refractivity contribution is 0.312. The Morgan fingerprint density at radius 3 is 2.93 bits per heavy atom. The van der Waals surface area contributed by atoms with Gasteiger partial charge in [0.25, 0.3) is 6.02 Å². The van der Waals surface area contributed by atoms with Gasteiger partial charge >= 0.3 is 0 Å². The average molecular weight is 190 g/mol. The molecular weight excluding hydrogens is 176 g/mol. The van der Waals surface area contributed by atoms with Gasteiger partial charge in [-0.15, -0.1) is 0 Å². The quantitative estimate of drug-likeness (QED) is 0.763. The van der Waals surface area contributed by atoms with Crippen LogP contribution in [-0.2, 0) is 11.2 Å². The molecule has 3 heteroatoms. The standard InChI is InChI=1S/C11H14N2O/c1-8-4-2-3-5-9(8)6-10-7-14-11(12)13-10/h2-5,10H,6-7H2,1H3,(H2,12,13)/t10-/m0/s1. The van der Waals surface area contributed by atoms with Crippen molar-refractivity contribution in [3.63, 3.8) is 0 Å². The van der Waals surface area contributed by atoms with Gasteiger partial charge in [-0.05, 0) is 24.5 Å². The average Bonchev–Trinajstić information content (AvgIpc) is 2.56. The predicted octanol–water partition coefficient (Wildman–Crippen LogP) is 1.25. The molecule has 3 nitrogen and oxygen atoms in total. The van der Waals surface area contributed by atoms with Crippen LogP contribution >= 0.6 is 0 Å². The first-order chi connectivity index (χ1) is 6.75. The molecule has 14 heavy (non-hydrogen) atoms. The zero-order chi connectivity index (χ0) is 9.97. The van der Waals surface area contributed by atoms with Crippen LogP contribution < -0.4 is 5.73 Å². The molecule has 0 aromatic heterocycles. The van der Waals surface area contributed by atoms with E-state index in [2.05, 4.69) is 24.0 Å². The molecule has 0 saturated heterocycles. The van der Waals surface area contributed by atoms with Crippen LogP contribution in [0.3, 0.4) is 0 Å². The van der Waals surface area contributed by atoms with Crippen LogP contribution in [-0.4, -0.2) is 18.7 Å². The van der Waals surface area contributed by atoms with E-state index in [1.165, 1.54) is 11.1 Å². The summed E-state index contributed by atoms with van der Waals surface area (Å²) < 4.78 is 5.11. The molecule has 2 N–H and O–H groups in total. The van der Waals surface area contributed by atoms with E-state index in [1.54, 1.807) is 0 Å². The smallest absolute Gasteiger partial charge is 0.282 e. The summed E-state index contributed by atoms with van der Waals surface area (Å²) in [5, 5.41) is 0. The molecule has 0 spiro atoms. The predicted molar refractivity (Wildman–Crippen MR) is 56.2 cm³/mol. The van der Waals surface area contributed by atoms with Gasteiger partial charge in [-0.3, -0.25) is 0 Å². The molecule has 1 atom stereocenters. The number of benzene rings is 1. The van der Waals surface area contributed by atoms with Crippen LogP contribution in [0, 0.1) is 6.92 Å². The van der Waals surface area contributed by atoms with E-state index < -0.39 is 0 Å². The number of amidine groups is 1. The van der Waals surface area contributed by atoms with Gasteiger partial charge in [0, 0.05) is 0 Å². The summed E-state index contributed by atoms with van der Waals surface area (Å²) >= 11 is 0. The second kappa shape index (κ2) is 3.70.